The molecule has 1 heterocycles. The number of carbonyl (C=O) groups is 1. The Balaban J connectivity index is 2.50. The summed E-state index contributed by atoms with van der Waals surface area (Å²) in [6, 6.07) is 5.94. The topological polar surface area (TPSA) is 50.2 Å². The molecule has 82 valence electrons. The average molecular weight is 345 g/mol. The molecule has 0 radical (unpaired) electrons. The maximum absolute atomic E-state index is 10.7. The number of rotatable bonds is 2. The molecule has 0 amide bonds. The minimum Gasteiger partial charge on any atom is -0.476 e. The van der Waals surface area contributed by atoms with Crippen molar-refractivity contribution in [2.24, 2.45) is 0 Å². The molecular formula is C11H8INO2S. The summed E-state index contributed by atoms with van der Waals surface area (Å²) >= 11 is 3.61. The van der Waals surface area contributed by atoms with Crippen molar-refractivity contribution in [3.8, 4) is 10.6 Å². The van der Waals surface area contributed by atoms with E-state index in [-0.39, 0.29) is 5.69 Å². The van der Waals surface area contributed by atoms with Crippen molar-refractivity contribution in [3.63, 3.8) is 0 Å². The number of aryl methyl sites for hydroxylation is 1. The van der Waals surface area contributed by atoms with E-state index in [1.165, 1.54) is 16.9 Å². The third-order valence-electron chi connectivity index (χ3n) is 2.15. The summed E-state index contributed by atoms with van der Waals surface area (Å²) in [5.41, 5.74) is 2.28. The Morgan fingerprint density at radius 3 is 2.88 bits per heavy atom. The van der Waals surface area contributed by atoms with Gasteiger partial charge in [-0.1, -0.05) is 18.2 Å². The Hall–Kier alpha value is -0.950. The molecule has 1 aromatic heterocycles. The number of aromatic carboxylic acids is 1. The Labute approximate surface area is 110 Å². The van der Waals surface area contributed by atoms with Crippen LogP contribution in [-0.2, 0) is 0 Å². The molecule has 0 aliphatic carbocycles. The molecule has 1 aromatic carbocycles. The lowest BCUT2D eigenvalue weighted by Crippen LogP contribution is -1.96. The predicted octanol–water partition coefficient (Wildman–Crippen LogP) is 3.42. The summed E-state index contributed by atoms with van der Waals surface area (Å²) in [6.45, 7) is 2.02. The first-order chi connectivity index (χ1) is 7.59. The average Bonchev–Trinajstić information content (AvgIpc) is 2.71. The first-order valence-electron chi connectivity index (χ1n) is 4.54. The Morgan fingerprint density at radius 1 is 1.50 bits per heavy atom. The zero-order chi connectivity index (χ0) is 11.7. The van der Waals surface area contributed by atoms with Gasteiger partial charge in [0.15, 0.2) is 5.69 Å². The van der Waals surface area contributed by atoms with Crippen molar-refractivity contribution in [3.05, 3.63) is 38.4 Å². The zero-order valence-corrected chi connectivity index (χ0v) is 11.4. The Bertz CT molecular complexity index is 551. The van der Waals surface area contributed by atoms with E-state index in [4.69, 9.17) is 5.11 Å². The van der Waals surface area contributed by atoms with Gasteiger partial charge >= 0.3 is 5.97 Å². The fourth-order valence-corrected chi connectivity index (χ4v) is 2.93. The van der Waals surface area contributed by atoms with Crippen LogP contribution in [0.2, 0.25) is 0 Å². The van der Waals surface area contributed by atoms with Gasteiger partial charge in [0.25, 0.3) is 0 Å². The number of aromatic nitrogens is 1. The highest BCUT2D eigenvalue weighted by Crippen LogP contribution is 2.29. The maximum Gasteiger partial charge on any atom is 0.355 e. The van der Waals surface area contributed by atoms with E-state index < -0.39 is 5.97 Å². The molecule has 2 rings (SSSR count). The van der Waals surface area contributed by atoms with Crippen molar-refractivity contribution < 1.29 is 9.90 Å². The second-order valence-electron chi connectivity index (χ2n) is 3.28. The summed E-state index contributed by atoms with van der Waals surface area (Å²) in [5.74, 6) is -0.981. The number of carboxylic acids is 1. The van der Waals surface area contributed by atoms with E-state index in [1.807, 2.05) is 25.1 Å². The van der Waals surface area contributed by atoms with Crippen molar-refractivity contribution in [2.45, 2.75) is 6.92 Å². The largest absolute Gasteiger partial charge is 0.476 e. The summed E-state index contributed by atoms with van der Waals surface area (Å²) in [4.78, 5) is 14.8. The molecular weight excluding hydrogens is 337 g/mol. The van der Waals surface area contributed by atoms with Gasteiger partial charge in [0.2, 0.25) is 0 Å². The second kappa shape index (κ2) is 4.50. The van der Waals surface area contributed by atoms with Gasteiger partial charge in [0, 0.05) is 14.5 Å². The van der Waals surface area contributed by atoms with Crippen LogP contribution in [-0.4, -0.2) is 16.1 Å². The second-order valence-corrected chi connectivity index (χ2v) is 5.22. The van der Waals surface area contributed by atoms with Crippen molar-refractivity contribution >= 4 is 39.9 Å². The van der Waals surface area contributed by atoms with Gasteiger partial charge in [-0.25, -0.2) is 9.78 Å². The minimum absolute atomic E-state index is 0.109. The lowest BCUT2D eigenvalue weighted by atomic mass is 10.1. The third-order valence-corrected chi connectivity index (χ3v) is 4.45. The molecule has 0 atom stereocenters. The molecule has 0 saturated carbocycles. The fraction of sp³-hybridized carbons (Fsp3) is 0.0909. The van der Waals surface area contributed by atoms with Crippen molar-refractivity contribution in [1.29, 1.82) is 0 Å². The van der Waals surface area contributed by atoms with E-state index in [0.717, 1.165) is 14.1 Å². The van der Waals surface area contributed by atoms with Crippen LogP contribution in [0.5, 0.6) is 0 Å². The molecule has 0 saturated heterocycles. The molecule has 2 aromatic rings. The van der Waals surface area contributed by atoms with Crippen LogP contribution < -0.4 is 0 Å². The van der Waals surface area contributed by atoms with Gasteiger partial charge in [-0.05, 0) is 35.1 Å². The first kappa shape index (κ1) is 11.5. The van der Waals surface area contributed by atoms with Gasteiger partial charge in [-0.3, -0.25) is 0 Å². The van der Waals surface area contributed by atoms with E-state index in [0.29, 0.717) is 0 Å². The van der Waals surface area contributed by atoms with Crippen LogP contribution in [0.25, 0.3) is 10.6 Å². The molecule has 0 bridgehead atoms. The zero-order valence-electron chi connectivity index (χ0n) is 8.40. The molecule has 0 aliphatic rings. The monoisotopic (exact) mass is 345 g/mol. The van der Waals surface area contributed by atoms with Crippen LogP contribution in [0.15, 0.2) is 23.6 Å². The molecule has 1 N–H and O–H groups in total. The number of hydrogen-bond acceptors (Lipinski definition) is 3. The Morgan fingerprint density at radius 2 is 2.25 bits per heavy atom. The first-order valence-corrected chi connectivity index (χ1v) is 6.49. The predicted molar refractivity (Wildman–Crippen MR) is 72.0 cm³/mol. The quantitative estimate of drug-likeness (QED) is 0.849. The number of hydrogen-bond donors (Lipinski definition) is 1. The minimum atomic E-state index is -0.981. The van der Waals surface area contributed by atoms with Crippen molar-refractivity contribution in [2.75, 3.05) is 0 Å². The summed E-state index contributed by atoms with van der Waals surface area (Å²) in [5, 5.41) is 11.1. The number of thiazole rings is 1. The molecule has 0 unspecified atom stereocenters. The highest BCUT2D eigenvalue weighted by Gasteiger charge is 2.12. The number of nitrogens with zero attached hydrogens (tertiary/aromatic N) is 1. The van der Waals surface area contributed by atoms with E-state index in [2.05, 4.69) is 27.6 Å². The highest BCUT2D eigenvalue weighted by molar-refractivity contribution is 14.1. The number of carboxylic acid groups (broad SMARTS) is 1. The van der Waals surface area contributed by atoms with Crippen LogP contribution >= 0.6 is 33.9 Å². The van der Waals surface area contributed by atoms with Gasteiger partial charge < -0.3 is 5.11 Å². The van der Waals surface area contributed by atoms with E-state index in [9.17, 15) is 4.79 Å². The highest BCUT2D eigenvalue weighted by atomic mass is 127. The fourth-order valence-electron chi connectivity index (χ4n) is 1.31. The molecule has 0 spiro atoms. The summed E-state index contributed by atoms with van der Waals surface area (Å²) < 4.78 is 1.12. The number of benzene rings is 1. The Kier molecular flexibility index (Phi) is 3.25. The SMILES string of the molecule is Cc1cccc(-c2nc(C(=O)O)cs2)c1I. The molecule has 0 fully saturated rings. The lowest BCUT2D eigenvalue weighted by molar-refractivity contribution is 0.0691. The lowest BCUT2D eigenvalue weighted by Gasteiger charge is -2.03. The van der Waals surface area contributed by atoms with E-state index in [1.54, 1.807) is 5.38 Å². The summed E-state index contributed by atoms with van der Waals surface area (Å²) in [6.07, 6.45) is 0. The van der Waals surface area contributed by atoms with Gasteiger partial charge in [-0.2, -0.15) is 0 Å². The van der Waals surface area contributed by atoms with Crippen LogP contribution in [0.3, 0.4) is 0 Å². The standard InChI is InChI=1S/C11H8INO2S/c1-6-3-2-4-7(9(6)12)10-13-8(5-16-10)11(14)15/h2-5H,1H3,(H,14,15). The number of halogens is 1. The third kappa shape index (κ3) is 2.10. The molecule has 5 heteroatoms. The summed E-state index contributed by atoms with van der Waals surface area (Å²) in [7, 11) is 0. The van der Waals surface area contributed by atoms with Crippen LogP contribution in [0, 0.1) is 10.5 Å². The van der Waals surface area contributed by atoms with Crippen molar-refractivity contribution in [1.82, 2.24) is 4.98 Å². The smallest absolute Gasteiger partial charge is 0.355 e. The van der Waals surface area contributed by atoms with E-state index >= 15 is 0 Å². The maximum atomic E-state index is 10.7. The van der Waals surface area contributed by atoms with Crippen LogP contribution in [0.4, 0.5) is 0 Å². The van der Waals surface area contributed by atoms with Gasteiger partial charge in [0.1, 0.15) is 5.01 Å². The van der Waals surface area contributed by atoms with Gasteiger partial charge in [0.05, 0.1) is 0 Å². The van der Waals surface area contributed by atoms with Crippen LogP contribution in [0.1, 0.15) is 16.1 Å². The molecule has 3 nitrogen and oxygen atoms in total. The normalized spacial score (nSPS) is 10.4. The molecule has 0 aliphatic heterocycles. The van der Waals surface area contributed by atoms with Gasteiger partial charge in [-0.15, -0.1) is 11.3 Å². The molecule has 16 heavy (non-hydrogen) atoms.